The Hall–Kier alpha value is -0.130. The fourth-order valence-corrected chi connectivity index (χ4v) is 2.20. The van der Waals surface area contributed by atoms with E-state index in [1.807, 2.05) is 0 Å². The van der Waals surface area contributed by atoms with E-state index in [1.54, 1.807) is 0 Å². The molecular weight excluding hydrogens is 190 g/mol. The second-order valence-electron chi connectivity index (χ2n) is 3.33. The lowest BCUT2D eigenvalue weighted by Crippen LogP contribution is -2.22. The summed E-state index contributed by atoms with van der Waals surface area (Å²) in [7, 11) is -2.02. The zero-order valence-electron chi connectivity index (χ0n) is 8.03. The highest BCUT2D eigenvalue weighted by molar-refractivity contribution is 7.86. The molecule has 4 nitrogen and oxygen atoms in total. The summed E-state index contributed by atoms with van der Waals surface area (Å²) in [5.41, 5.74) is 0. The molecule has 0 atom stereocenters. The van der Waals surface area contributed by atoms with Gasteiger partial charge in [0, 0.05) is 0 Å². The second-order valence-corrected chi connectivity index (χ2v) is 5.19. The molecule has 0 bridgehead atoms. The number of likely N-dealkylation sites (tertiary alicyclic amines) is 1. The number of hydrogen-bond acceptors (Lipinski definition) is 4. The van der Waals surface area contributed by atoms with E-state index in [4.69, 9.17) is 0 Å². The van der Waals surface area contributed by atoms with Gasteiger partial charge in [-0.1, -0.05) is 0 Å². The maximum atomic E-state index is 10.9. The lowest BCUT2D eigenvalue weighted by Gasteiger charge is -2.13. The van der Waals surface area contributed by atoms with Gasteiger partial charge in [-0.15, -0.1) is 0 Å². The highest BCUT2D eigenvalue weighted by atomic mass is 32.2. The SMILES string of the molecule is COS(=O)(=O)CCCN1CCCC1. The minimum atomic E-state index is -3.24. The van der Waals surface area contributed by atoms with Crippen LogP contribution in [0.4, 0.5) is 0 Å². The molecule has 0 spiro atoms. The van der Waals surface area contributed by atoms with E-state index in [2.05, 4.69) is 9.08 Å². The first kappa shape index (κ1) is 10.9. The lowest BCUT2D eigenvalue weighted by molar-refractivity contribution is 0.335. The van der Waals surface area contributed by atoms with Crippen LogP contribution in [0.5, 0.6) is 0 Å². The summed E-state index contributed by atoms with van der Waals surface area (Å²) in [6, 6.07) is 0. The van der Waals surface area contributed by atoms with E-state index < -0.39 is 10.1 Å². The van der Waals surface area contributed by atoms with Gasteiger partial charge in [0.1, 0.15) is 0 Å². The van der Waals surface area contributed by atoms with Crippen molar-refractivity contribution >= 4 is 10.1 Å². The minimum absolute atomic E-state index is 0.139. The molecule has 0 radical (unpaired) electrons. The topological polar surface area (TPSA) is 46.6 Å². The molecular formula is C8H17NO3S. The zero-order chi connectivity index (χ0) is 9.73. The molecule has 1 rings (SSSR count). The Kier molecular flexibility index (Phi) is 4.15. The molecule has 1 fully saturated rings. The van der Waals surface area contributed by atoms with Gasteiger partial charge in [0.25, 0.3) is 10.1 Å². The van der Waals surface area contributed by atoms with Gasteiger partial charge in [-0.2, -0.15) is 8.42 Å². The fraction of sp³-hybridized carbons (Fsp3) is 1.00. The van der Waals surface area contributed by atoms with Crippen LogP contribution in [-0.2, 0) is 14.3 Å². The monoisotopic (exact) mass is 207 g/mol. The van der Waals surface area contributed by atoms with Crippen LogP contribution in [0.2, 0.25) is 0 Å². The molecule has 1 aliphatic rings. The molecule has 0 N–H and O–H groups in total. The lowest BCUT2D eigenvalue weighted by atomic mass is 10.4. The van der Waals surface area contributed by atoms with Gasteiger partial charge < -0.3 is 4.90 Å². The molecule has 0 unspecified atom stereocenters. The Morgan fingerprint density at radius 1 is 1.31 bits per heavy atom. The van der Waals surface area contributed by atoms with Crippen molar-refractivity contribution in [2.45, 2.75) is 19.3 Å². The maximum Gasteiger partial charge on any atom is 0.267 e. The second kappa shape index (κ2) is 4.93. The van der Waals surface area contributed by atoms with E-state index in [-0.39, 0.29) is 5.75 Å². The van der Waals surface area contributed by atoms with Crippen LogP contribution in [0.15, 0.2) is 0 Å². The molecule has 1 saturated heterocycles. The van der Waals surface area contributed by atoms with Crippen molar-refractivity contribution in [2.75, 3.05) is 32.5 Å². The Balaban J connectivity index is 2.13. The van der Waals surface area contributed by atoms with E-state index >= 15 is 0 Å². The van der Waals surface area contributed by atoms with Crippen LogP contribution >= 0.6 is 0 Å². The zero-order valence-corrected chi connectivity index (χ0v) is 8.85. The molecule has 0 aromatic rings. The van der Waals surface area contributed by atoms with Crippen LogP contribution < -0.4 is 0 Å². The van der Waals surface area contributed by atoms with E-state index in [0.29, 0.717) is 6.42 Å². The van der Waals surface area contributed by atoms with Crippen molar-refractivity contribution in [3.05, 3.63) is 0 Å². The maximum absolute atomic E-state index is 10.9. The van der Waals surface area contributed by atoms with Gasteiger partial charge in [-0.3, -0.25) is 4.18 Å². The molecule has 78 valence electrons. The van der Waals surface area contributed by atoms with Crippen molar-refractivity contribution in [1.29, 1.82) is 0 Å². The smallest absolute Gasteiger partial charge is 0.267 e. The predicted molar refractivity (Wildman–Crippen MR) is 51.1 cm³/mol. The van der Waals surface area contributed by atoms with Gasteiger partial charge in [0.15, 0.2) is 0 Å². The van der Waals surface area contributed by atoms with E-state index in [1.165, 1.54) is 20.0 Å². The number of hydrogen-bond donors (Lipinski definition) is 0. The first-order chi connectivity index (χ1) is 6.14. The summed E-state index contributed by atoms with van der Waals surface area (Å²) in [6.45, 7) is 3.11. The highest BCUT2D eigenvalue weighted by Crippen LogP contribution is 2.07. The summed E-state index contributed by atoms with van der Waals surface area (Å²) in [5, 5.41) is 0. The third kappa shape index (κ3) is 4.06. The van der Waals surface area contributed by atoms with E-state index in [9.17, 15) is 8.42 Å². The molecule has 0 aliphatic carbocycles. The predicted octanol–water partition coefficient (Wildman–Crippen LogP) is 0.448. The largest absolute Gasteiger partial charge is 0.303 e. The Bertz CT molecular complexity index is 232. The van der Waals surface area contributed by atoms with Crippen LogP contribution in [-0.4, -0.2) is 45.8 Å². The first-order valence-electron chi connectivity index (χ1n) is 4.65. The summed E-state index contributed by atoms with van der Waals surface area (Å²) in [6.07, 6.45) is 3.17. The van der Waals surface area contributed by atoms with Crippen molar-refractivity contribution < 1.29 is 12.6 Å². The summed E-state index contributed by atoms with van der Waals surface area (Å²) in [4.78, 5) is 2.30. The van der Waals surface area contributed by atoms with Crippen molar-refractivity contribution in [2.24, 2.45) is 0 Å². The molecule has 0 aromatic carbocycles. The fourth-order valence-electron chi connectivity index (χ4n) is 1.55. The number of rotatable bonds is 5. The quantitative estimate of drug-likeness (QED) is 0.614. The highest BCUT2D eigenvalue weighted by Gasteiger charge is 2.13. The molecule has 1 aliphatic heterocycles. The Morgan fingerprint density at radius 3 is 2.46 bits per heavy atom. The standard InChI is InChI=1S/C8H17NO3S/c1-12-13(10,11)8-4-7-9-5-2-3-6-9/h2-8H2,1H3. The van der Waals surface area contributed by atoms with Crippen molar-refractivity contribution in [3.63, 3.8) is 0 Å². The average Bonchev–Trinajstić information content (AvgIpc) is 2.57. The van der Waals surface area contributed by atoms with E-state index in [0.717, 1.165) is 19.6 Å². The molecule has 0 aromatic heterocycles. The molecule has 0 saturated carbocycles. The molecule has 5 heteroatoms. The third-order valence-corrected chi connectivity index (χ3v) is 3.62. The normalized spacial score (nSPS) is 19.5. The first-order valence-corrected chi connectivity index (χ1v) is 6.22. The number of nitrogens with zero attached hydrogens (tertiary/aromatic N) is 1. The van der Waals surface area contributed by atoms with Crippen LogP contribution in [0, 0.1) is 0 Å². The van der Waals surface area contributed by atoms with Gasteiger partial charge in [0.2, 0.25) is 0 Å². The van der Waals surface area contributed by atoms with Crippen LogP contribution in [0.1, 0.15) is 19.3 Å². The minimum Gasteiger partial charge on any atom is -0.303 e. The van der Waals surface area contributed by atoms with Crippen LogP contribution in [0.3, 0.4) is 0 Å². The van der Waals surface area contributed by atoms with Gasteiger partial charge in [-0.25, -0.2) is 0 Å². The van der Waals surface area contributed by atoms with Crippen molar-refractivity contribution in [3.8, 4) is 0 Å². The summed E-state index contributed by atoms with van der Waals surface area (Å²) < 4.78 is 26.2. The van der Waals surface area contributed by atoms with Gasteiger partial charge in [0.05, 0.1) is 12.9 Å². The molecule has 0 amide bonds. The van der Waals surface area contributed by atoms with Crippen molar-refractivity contribution in [1.82, 2.24) is 4.90 Å². The van der Waals surface area contributed by atoms with Gasteiger partial charge in [-0.05, 0) is 38.9 Å². The average molecular weight is 207 g/mol. The third-order valence-electron chi connectivity index (χ3n) is 2.32. The Morgan fingerprint density at radius 2 is 1.92 bits per heavy atom. The van der Waals surface area contributed by atoms with Crippen LogP contribution in [0.25, 0.3) is 0 Å². The molecule has 1 heterocycles. The summed E-state index contributed by atoms with van der Waals surface area (Å²) in [5.74, 6) is 0.139. The molecule has 13 heavy (non-hydrogen) atoms. The Labute approximate surface area is 80.0 Å². The summed E-state index contributed by atoms with van der Waals surface area (Å²) >= 11 is 0. The van der Waals surface area contributed by atoms with Gasteiger partial charge >= 0.3 is 0 Å².